The Hall–Kier alpha value is -3.39. The largest absolute Gasteiger partial charge is 0.448 e. The summed E-state index contributed by atoms with van der Waals surface area (Å²) in [4.78, 5) is 76.0. The quantitative estimate of drug-likeness (QED) is 0.222. The number of urea groups is 1. The van der Waals surface area contributed by atoms with Gasteiger partial charge in [0.25, 0.3) is 5.91 Å². The zero-order chi connectivity index (χ0) is 31.4. The molecular weight excluding hydrogens is 539 g/mol. The first kappa shape index (κ1) is 34.6. The summed E-state index contributed by atoms with van der Waals surface area (Å²) >= 11 is 0. The second-order valence-corrected chi connectivity index (χ2v) is 11.7. The highest BCUT2D eigenvalue weighted by Crippen LogP contribution is 2.33. The number of Topliss-reactive ketones (excluding diaryl/α,β-unsaturated/α-hetero) is 1. The molecule has 5 amide bonds. The van der Waals surface area contributed by atoms with Crippen LogP contribution in [0.3, 0.4) is 0 Å². The van der Waals surface area contributed by atoms with Gasteiger partial charge in [0.2, 0.25) is 23.2 Å². The number of nitrogens with zero attached hydrogens (tertiary/aromatic N) is 1. The highest BCUT2D eigenvalue weighted by Gasteiger charge is 2.52. The van der Waals surface area contributed by atoms with Crippen LogP contribution in [0.1, 0.15) is 68.2 Å². The standard InChI is InChI=1S/C25H40F3N5O7/c1-12(2)15(21(38)40-24(7,8)25(26,27)28)31-22(39)32-17(23(4,5)6)20(37)33-11-9-10-14(33)19(36)30-13(3)16(34)18(29)35/h12-15,17H,9-11H2,1-8H3,(H2,29,35)(H,30,36)(H2,31,32,39). The van der Waals surface area contributed by atoms with Crippen molar-refractivity contribution in [3.05, 3.63) is 0 Å². The van der Waals surface area contributed by atoms with E-state index in [2.05, 4.69) is 20.7 Å². The van der Waals surface area contributed by atoms with Crippen molar-refractivity contribution < 1.29 is 46.7 Å². The molecule has 0 saturated carbocycles. The van der Waals surface area contributed by atoms with Crippen molar-refractivity contribution in [1.82, 2.24) is 20.9 Å². The third kappa shape index (κ3) is 8.81. The Balaban J connectivity index is 3.08. The topological polar surface area (TPSA) is 177 Å². The van der Waals surface area contributed by atoms with Gasteiger partial charge in [-0.25, -0.2) is 9.59 Å². The monoisotopic (exact) mass is 579 g/mol. The molecule has 0 bridgehead atoms. The van der Waals surface area contributed by atoms with Crippen LogP contribution < -0.4 is 21.7 Å². The lowest BCUT2D eigenvalue weighted by molar-refractivity contribution is -0.258. The summed E-state index contributed by atoms with van der Waals surface area (Å²) in [6.07, 6.45) is -4.14. The van der Waals surface area contributed by atoms with E-state index < -0.39 is 82.8 Å². The minimum atomic E-state index is -4.85. The number of rotatable bonds is 10. The molecule has 0 spiro atoms. The van der Waals surface area contributed by atoms with Crippen LogP contribution in [-0.2, 0) is 28.7 Å². The van der Waals surface area contributed by atoms with Crippen LogP contribution in [0, 0.1) is 11.3 Å². The van der Waals surface area contributed by atoms with Gasteiger partial charge in [0.15, 0.2) is 0 Å². The van der Waals surface area contributed by atoms with Gasteiger partial charge < -0.3 is 31.3 Å². The molecule has 1 aliphatic heterocycles. The minimum absolute atomic E-state index is 0.165. The molecule has 0 aromatic heterocycles. The first-order chi connectivity index (χ1) is 18.0. The first-order valence-electron chi connectivity index (χ1n) is 12.8. The summed E-state index contributed by atoms with van der Waals surface area (Å²) in [6, 6.07) is -5.89. The molecule has 1 rings (SSSR count). The second-order valence-electron chi connectivity index (χ2n) is 11.7. The SMILES string of the molecule is CC(NC(=O)C1CCCN1C(=O)C(NC(=O)NC(C(=O)OC(C)(C)C(F)(F)F)C(C)C)C(C)(C)C)C(=O)C(N)=O. The summed E-state index contributed by atoms with van der Waals surface area (Å²) in [5, 5.41) is 7.15. The van der Waals surface area contributed by atoms with Crippen molar-refractivity contribution >= 4 is 35.5 Å². The van der Waals surface area contributed by atoms with Crippen LogP contribution in [0.5, 0.6) is 0 Å². The molecule has 1 saturated heterocycles. The maximum Gasteiger partial charge on any atom is 0.427 e. The van der Waals surface area contributed by atoms with Crippen molar-refractivity contribution in [3.8, 4) is 0 Å². The van der Waals surface area contributed by atoms with E-state index in [9.17, 15) is 41.9 Å². The van der Waals surface area contributed by atoms with E-state index in [1.807, 2.05) is 0 Å². The molecular formula is C25H40F3N5O7. The van der Waals surface area contributed by atoms with Crippen molar-refractivity contribution in [3.63, 3.8) is 0 Å². The van der Waals surface area contributed by atoms with E-state index in [0.29, 0.717) is 20.3 Å². The first-order valence-corrected chi connectivity index (χ1v) is 12.8. The van der Waals surface area contributed by atoms with E-state index >= 15 is 0 Å². The Kier molecular flexibility index (Phi) is 11.1. The number of halogens is 3. The van der Waals surface area contributed by atoms with Gasteiger partial charge in [-0.3, -0.25) is 19.2 Å². The van der Waals surface area contributed by atoms with Gasteiger partial charge in [-0.1, -0.05) is 34.6 Å². The Morgan fingerprint density at radius 2 is 1.48 bits per heavy atom. The van der Waals surface area contributed by atoms with Gasteiger partial charge in [-0.2, -0.15) is 13.2 Å². The van der Waals surface area contributed by atoms with Crippen LogP contribution in [-0.4, -0.2) is 82.9 Å². The number of carbonyl (C=O) groups is 6. The number of nitrogens with two attached hydrogens (primary N) is 1. The highest BCUT2D eigenvalue weighted by atomic mass is 19.4. The molecule has 5 N–H and O–H groups in total. The van der Waals surface area contributed by atoms with E-state index in [0.717, 1.165) is 0 Å². The molecule has 228 valence electrons. The van der Waals surface area contributed by atoms with Gasteiger partial charge in [0.1, 0.15) is 18.1 Å². The number of primary amides is 1. The molecule has 4 unspecified atom stereocenters. The van der Waals surface area contributed by atoms with E-state index in [1.54, 1.807) is 20.8 Å². The summed E-state index contributed by atoms with van der Waals surface area (Å²) in [7, 11) is 0. The Morgan fingerprint density at radius 3 is 1.93 bits per heavy atom. The lowest BCUT2D eigenvalue weighted by Crippen LogP contribution is -2.61. The van der Waals surface area contributed by atoms with Crippen molar-refractivity contribution in [2.45, 2.75) is 104 Å². The highest BCUT2D eigenvalue weighted by molar-refractivity contribution is 6.37. The summed E-state index contributed by atoms with van der Waals surface area (Å²) in [5.41, 5.74) is 1.26. The molecule has 1 fully saturated rings. The van der Waals surface area contributed by atoms with Crippen LogP contribution in [0.15, 0.2) is 0 Å². The lowest BCUT2D eigenvalue weighted by Gasteiger charge is -2.36. The number of carbonyl (C=O) groups excluding carboxylic acids is 6. The second kappa shape index (κ2) is 12.9. The van der Waals surface area contributed by atoms with E-state index in [1.165, 1.54) is 25.7 Å². The number of alkyl halides is 3. The Bertz CT molecular complexity index is 1010. The van der Waals surface area contributed by atoms with Crippen LogP contribution >= 0.6 is 0 Å². The number of ether oxygens (including phenoxy) is 1. The van der Waals surface area contributed by atoms with Crippen LogP contribution in [0.25, 0.3) is 0 Å². The smallest absolute Gasteiger partial charge is 0.427 e. The molecule has 0 radical (unpaired) electrons. The average molecular weight is 580 g/mol. The Labute approximate surface area is 231 Å². The van der Waals surface area contributed by atoms with E-state index in [4.69, 9.17) is 5.73 Å². The third-order valence-electron chi connectivity index (χ3n) is 6.47. The lowest BCUT2D eigenvalue weighted by atomic mass is 9.85. The molecule has 1 heterocycles. The molecule has 15 heteroatoms. The molecule has 12 nitrogen and oxygen atoms in total. The van der Waals surface area contributed by atoms with Gasteiger partial charge >= 0.3 is 18.2 Å². The van der Waals surface area contributed by atoms with Crippen molar-refractivity contribution in [2.24, 2.45) is 17.1 Å². The molecule has 40 heavy (non-hydrogen) atoms. The number of hydrogen-bond donors (Lipinski definition) is 4. The van der Waals surface area contributed by atoms with Gasteiger partial charge in [-0.15, -0.1) is 0 Å². The van der Waals surface area contributed by atoms with Gasteiger partial charge in [-0.05, 0) is 44.9 Å². The minimum Gasteiger partial charge on any atom is -0.448 e. The average Bonchev–Trinajstić information content (AvgIpc) is 3.28. The maximum absolute atomic E-state index is 13.6. The van der Waals surface area contributed by atoms with E-state index in [-0.39, 0.29) is 13.0 Å². The predicted octanol–water partition coefficient (Wildman–Crippen LogP) is 1.16. The molecule has 0 aromatic rings. The number of ketones is 1. The number of amides is 5. The van der Waals surface area contributed by atoms with Crippen LogP contribution in [0.4, 0.5) is 18.0 Å². The molecule has 4 atom stereocenters. The van der Waals surface area contributed by atoms with Gasteiger partial charge in [0, 0.05) is 6.54 Å². The van der Waals surface area contributed by atoms with Crippen molar-refractivity contribution in [1.29, 1.82) is 0 Å². The fraction of sp³-hybridized carbons (Fsp3) is 0.760. The Morgan fingerprint density at radius 1 is 0.925 bits per heavy atom. The van der Waals surface area contributed by atoms with Crippen molar-refractivity contribution in [2.75, 3.05) is 6.54 Å². The predicted molar refractivity (Wildman–Crippen MR) is 136 cm³/mol. The normalized spacial score (nSPS) is 18.4. The zero-order valence-electron chi connectivity index (χ0n) is 24.0. The van der Waals surface area contributed by atoms with Gasteiger partial charge in [0.05, 0.1) is 6.04 Å². The molecule has 1 aliphatic rings. The number of hydrogen-bond acceptors (Lipinski definition) is 7. The molecule has 0 aliphatic carbocycles. The number of esters is 1. The van der Waals surface area contributed by atoms with Crippen LogP contribution in [0.2, 0.25) is 0 Å². The fourth-order valence-corrected chi connectivity index (χ4v) is 3.89. The summed E-state index contributed by atoms with van der Waals surface area (Å²) < 4.78 is 44.3. The summed E-state index contributed by atoms with van der Waals surface area (Å²) in [5.74, 6) is -5.51. The fourth-order valence-electron chi connectivity index (χ4n) is 3.89. The summed E-state index contributed by atoms with van der Waals surface area (Å²) in [6.45, 7) is 10.7. The maximum atomic E-state index is 13.6. The number of nitrogens with one attached hydrogen (secondary N) is 3. The number of likely N-dealkylation sites (tertiary alicyclic amines) is 1. The third-order valence-corrected chi connectivity index (χ3v) is 6.47. The molecule has 0 aromatic carbocycles. The zero-order valence-corrected chi connectivity index (χ0v) is 24.0.